The minimum Gasteiger partial charge on any atom is -0.383 e. The maximum Gasteiger partial charge on any atom is 0.411 e. The second-order valence-corrected chi connectivity index (χ2v) is 5.82. The van der Waals surface area contributed by atoms with Crippen molar-refractivity contribution in [2.75, 3.05) is 32.8 Å². The van der Waals surface area contributed by atoms with Gasteiger partial charge in [-0.25, -0.2) is 4.99 Å². The Morgan fingerprint density at radius 2 is 2.12 bits per heavy atom. The van der Waals surface area contributed by atoms with E-state index in [-0.39, 0.29) is 13.2 Å². The van der Waals surface area contributed by atoms with E-state index in [1.54, 1.807) is 31.0 Å². The molecule has 144 valence electrons. The van der Waals surface area contributed by atoms with E-state index in [0.29, 0.717) is 31.0 Å². The van der Waals surface area contributed by atoms with Gasteiger partial charge in [-0.15, -0.1) is 0 Å². The Morgan fingerprint density at radius 1 is 1.40 bits per heavy atom. The number of hydrogen-bond donors (Lipinski definition) is 3. The van der Waals surface area contributed by atoms with Crippen molar-refractivity contribution in [3.63, 3.8) is 0 Å². The first-order chi connectivity index (χ1) is 11.6. The summed E-state index contributed by atoms with van der Waals surface area (Å²) in [5, 5.41) is 20.5. The molecule has 3 N–H and O–H groups in total. The smallest absolute Gasteiger partial charge is 0.383 e. The summed E-state index contributed by atoms with van der Waals surface area (Å²) in [4.78, 5) is 4.31. The largest absolute Gasteiger partial charge is 0.411 e. The monoisotopic (exact) mass is 365 g/mol. The molecule has 0 radical (unpaired) electrons. The second kappa shape index (κ2) is 9.62. The van der Waals surface area contributed by atoms with Crippen molar-refractivity contribution >= 4 is 5.96 Å². The average Bonchev–Trinajstić information content (AvgIpc) is 2.94. The second-order valence-electron chi connectivity index (χ2n) is 5.82. The fraction of sp³-hybridized carbons (Fsp3) is 0.733. The SMILES string of the molecule is CCNC(=NCC(C)(O)c1cnn(C)c1)NCCCOCC(F)(F)F. The van der Waals surface area contributed by atoms with Crippen molar-refractivity contribution < 1.29 is 23.0 Å². The van der Waals surface area contributed by atoms with E-state index in [4.69, 9.17) is 0 Å². The Hall–Kier alpha value is -1.81. The van der Waals surface area contributed by atoms with E-state index < -0.39 is 18.4 Å². The van der Waals surface area contributed by atoms with Crippen LogP contribution in [0.15, 0.2) is 17.4 Å². The minimum absolute atomic E-state index is 0.000680. The van der Waals surface area contributed by atoms with Gasteiger partial charge in [0.05, 0.1) is 12.7 Å². The summed E-state index contributed by atoms with van der Waals surface area (Å²) < 4.78 is 42.0. The number of guanidine groups is 1. The van der Waals surface area contributed by atoms with Crippen LogP contribution in [0.1, 0.15) is 25.8 Å². The van der Waals surface area contributed by atoms with E-state index in [2.05, 4.69) is 25.5 Å². The Bertz CT molecular complexity index is 544. The Kier molecular flexibility index (Phi) is 8.17. The maximum atomic E-state index is 11.9. The normalized spacial score (nSPS) is 15.1. The lowest BCUT2D eigenvalue weighted by Crippen LogP contribution is -2.39. The van der Waals surface area contributed by atoms with Crippen LogP contribution >= 0.6 is 0 Å². The van der Waals surface area contributed by atoms with Gasteiger partial charge in [0.1, 0.15) is 12.2 Å². The fourth-order valence-electron chi connectivity index (χ4n) is 1.93. The number of ether oxygens (including phenoxy) is 1. The van der Waals surface area contributed by atoms with Crippen LogP contribution in [-0.4, -0.2) is 59.9 Å². The molecule has 7 nitrogen and oxygen atoms in total. The summed E-state index contributed by atoms with van der Waals surface area (Å²) in [5.74, 6) is 0.475. The van der Waals surface area contributed by atoms with Gasteiger partial charge in [-0.3, -0.25) is 4.68 Å². The molecule has 0 amide bonds. The fourth-order valence-corrected chi connectivity index (χ4v) is 1.93. The molecule has 1 aromatic heterocycles. The predicted octanol–water partition coefficient (Wildman–Crippen LogP) is 1.15. The molecule has 0 bridgehead atoms. The molecule has 0 saturated carbocycles. The van der Waals surface area contributed by atoms with Crippen molar-refractivity contribution in [3.05, 3.63) is 18.0 Å². The summed E-state index contributed by atoms with van der Waals surface area (Å²) in [6, 6.07) is 0. The molecule has 0 aliphatic heterocycles. The van der Waals surface area contributed by atoms with Gasteiger partial charge < -0.3 is 20.5 Å². The molecule has 0 aliphatic carbocycles. The number of aliphatic hydroxyl groups is 1. The highest BCUT2D eigenvalue weighted by molar-refractivity contribution is 5.79. The molecule has 0 fully saturated rings. The highest BCUT2D eigenvalue weighted by atomic mass is 19.4. The standard InChI is InChI=1S/C15H26F3N5O2/c1-4-19-13(20-6-5-7-25-11-15(16,17)18)21-10-14(2,24)12-8-22-23(3)9-12/h8-9,24H,4-7,10-11H2,1-3H3,(H2,19,20,21). The first-order valence-electron chi connectivity index (χ1n) is 8.02. The van der Waals surface area contributed by atoms with Crippen molar-refractivity contribution in [2.45, 2.75) is 32.0 Å². The van der Waals surface area contributed by atoms with E-state index in [9.17, 15) is 18.3 Å². The number of rotatable bonds is 9. The van der Waals surface area contributed by atoms with Gasteiger partial charge in [0.25, 0.3) is 0 Å². The molecule has 1 aromatic rings. The molecule has 10 heteroatoms. The summed E-state index contributed by atoms with van der Waals surface area (Å²) >= 11 is 0. The lowest BCUT2D eigenvalue weighted by molar-refractivity contribution is -0.173. The highest BCUT2D eigenvalue weighted by Crippen LogP contribution is 2.19. The van der Waals surface area contributed by atoms with Gasteiger partial charge in [-0.05, 0) is 20.3 Å². The third-order valence-corrected chi connectivity index (χ3v) is 3.24. The maximum absolute atomic E-state index is 11.9. The molecule has 0 aliphatic rings. The van der Waals surface area contributed by atoms with Gasteiger partial charge in [0.2, 0.25) is 0 Å². The third kappa shape index (κ3) is 8.73. The lowest BCUT2D eigenvalue weighted by Gasteiger charge is -2.20. The lowest BCUT2D eigenvalue weighted by atomic mass is 10.0. The van der Waals surface area contributed by atoms with E-state index in [1.807, 2.05) is 6.92 Å². The third-order valence-electron chi connectivity index (χ3n) is 3.24. The molecule has 25 heavy (non-hydrogen) atoms. The number of nitrogens with one attached hydrogen (secondary N) is 2. The number of aryl methyl sites for hydroxylation is 1. The molecule has 1 atom stereocenters. The first kappa shape index (κ1) is 21.2. The Balaban J connectivity index is 2.43. The summed E-state index contributed by atoms with van der Waals surface area (Å²) in [6.07, 6.45) is -0.608. The van der Waals surface area contributed by atoms with Gasteiger partial charge in [0.15, 0.2) is 5.96 Å². The number of aromatic nitrogens is 2. The van der Waals surface area contributed by atoms with Gasteiger partial charge in [-0.1, -0.05) is 0 Å². The van der Waals surface area contributed by atoms with Crippen LogP contribution in [-0.2, 0) is 17.4 Å². The molecule has 0 aromatic carbocycles. The highest BCUT2D eigenvalue weighted by Gasteiger charge is 2.27. The Labute approximate surface area is 145 Å². The van der Waals surface area contributed by atoms with Crippen LogP contribution in [0, 0.1) is 0 Å². The zero-order chi connectivity index (χ0) is 18.9. The summed E-state index contributed by atoms with van der Waals surface area (Å²) in [6.45, 7) is 3.42. The van der Waals surface area contributed by atoms with Gasteiger partial charge in [0, 0.05) is 38.5 Å². The first-order valence-corrected chi connectivity index (χ1v) is 8.02. The van der Waals surface area contributed by atoms with Crippen LogP contribution in [0.5, 0.6) is 0 Å². The van der Waals surface area contributed by atoms with E-state index in [1.165, 1.54) is 0 Å². The van der Waals surface area contributed by atoms with Gasteiger partial charge >= 0.3 is 6.18 Å². The number of aliphatic imine (C=N–C) groups is 1. The molecule has 1 heterocycles. The molecule has 0 saturated heterocycles. The van der Waals surface area contributed by atoms with Crippen molar-refractivity contribution in [1.82, 2.24) is 20.4 Å². The summed E-state index contributed by atoms with van der Waals surface area (Å²) in [7, 11) is 1.76. The van der Waals surface area contributed by atoms with Crippen LogP contribution in [0.4, 0.5) is 13.2 Å². The van der Waals surface area contributed by atoms with Crippen molar-refractivity contribution in [2.24, 2.45) is 12.0 Å². The number of alkyl halides is 3. The quantitative estimate of drug-likeness (QED) is 0.347. The van der Waals surface area contributed by atoms with Crippen molar-refractivity contribution in [3.8, 4) is 0 Å². The van der Waals surface area contributed by atoms with E-state index >= 15 is 0 Å². The molecular weight excluding hydrogens is 339 g/mol. The number of hydrogen-bond acceptors (Lipinski definition) is 4. The topological polar surface area (TPSA) is 83.7 Å². The zero-order valence-electron chi connectivity index (χ0n) is 14.7. The van der Waals surface area contributed by atoms with E-state index in [0.717, 1.165) is 0 Å². The van der Waals surface area contributed by atoms with Crippen molar-refractivity contribution in [1.29, 1.82) is 0 Å². The number of nitrogens with zero attached hydrogens (tertiary/aromatic N) is 3. The molecule has 1 unspecified atom stereocenters. The van der Waals surface area contributed by atoms with Crippen LogP contribution < -0.4 is 10.6 Å². The van der Waals surface area contributed by atoms with Crippen LogP contribution in [0.25, 0.3) is 0 Å². The van der Waals surface area contributed by atoms with Gasteiger partial charge in [-0.2, -0.15) is 18.3 Å². The number of halogens is 3. The Morgan fingerprint density at radius 3 is 2.68 bits per heavy atom. The molecular formula is C15H26F3N5O2. The molecule has 1 rings (SSSR count). The summed E-state index contributed by atoms with van der Waals surface area (Å²) in [5.41, 5.74) is -0.526. The molecule has 0 spiro atoms. The minimum atomic E-state index is -4.30. The van der Waals surface area contributed by atoms with Crippen LogP contribution in [0.3, 0.4) is 0 Å². The predicted molar refractivity (Wildman–Crippen MR) is 88.3 cm³/mol. The average molecular weight is 365 g/mol. The van der Waals surface area contributed by atoms with Crippen LogP contribution in [0.2, 0.25) is 0 Å². The zero-order valence-corrected chi connectivity index (χ0v) is 14.7.